The number of likely N-dealkylation sites (tertiary alicyclic amines) is 1. The van der Waals surface area contributed by atoms with Gasteiger partial charge in [0.2, 0.25) is 5.95 Å². The van der Waals surface area contributed by atoms with Gasteiger partial charge >= 0.3 is 12.2 Å². The molecule has 0 aromatic carbocycles. The lowest BCUT2D eigenvalue weighted by molar-refractivity contribution is -0.138. The minimum absolute atomic E-state index is 0.0766. The van der Waals surface area contributed by atoms with Crippen molar-refractivity contribution in [2.24, 2.45) is 5.41 Å². The standard InChI is InChI=1S/C23H30F3N7OS/c1-14-11-35-19(29-14)10-31-12-22(13-31)4-18(5-22)30-21(34)33-15(2)8-32(9-16(33)3)20-27-6-17(7-28-20)23(24,25)26/h6-7,11,15-16,18H,4-5,8-10,12-13H2,1-3H3,(H,30,34)/t15-,16+. The van der Waals surface area contributed by atoms with Gasteiger partial charge in [0.05, 0.1) is 12.1 Å². The largest absolute Gasteiger partial charge is 0.419 e. The Morgan fingerprint density at radius 3 is 2.34 bits per heavy atom. The minimum Gasteiger partial charge on any atom is -0.337 e. The van der Waals surface area contributed by atoms with Crippen molar-refractivity contribution in [2.45, 2.75) is 64.5 Å². The van der Waals surface area contributed by atoms with Crippen molar-refractivity contribution in [3.63, 3.8) is 0 Å². The van der Waals surface area contributed by atoms with Crippen LogP contribution in [0.2, 0.25) is 0 Å². The van der Waals surface area contributed by atoms with Crippen LogP contribution < -0.4 is 10.2 Å². The van der Waals surface area contributed by atoms with Gasteiger partial charge in [0.15, 0.2) is 0 Å². The molecule has 1 N–H and O–H groups in total. The fourth-order valence-corrected chi connectivity index (χ4v) is 6.61. The van der Waals surface area contributed by atoms with Gasteiger partial charge in [-0.2, -0.15) is 13.2 Å². The van der Waals surface area contributed by atoms with Gasteiger partial charge in [-0.15, -0.1) is 11.3 Å². The zero-order valence-electron chi connectivity index (χ0n) is 20.0. The van der Waals surface area contributed by atoms with Crippen molar-refractivity contribution in [3.8, 4) is 0 Å². The summed E-state index contributed by atoms with van der Waals surface area (Å²) in [5, 5.41) is 6.44. The molecule has 1 saturated carbocycles. The number of aryl methyl sites for hydroxylation is 1. The number of amides is 2. The molecule has 1 spiro atoms. The minimum atomic E-state index is -4.46. The van der Waals surface area contributed by atoms with Crippen LogP contribution in [-0.2, 0) is 12.7 Å². The van der Waals surface area contributed by atoms with Gasteiger partial charge in [-0.05, 0) is 39.0 Å². The zero-order chi connectivity index (χ0) is 25.0. The lowest BCUT2D eigenvalue weighted by Crippen LogP contribution is -2.68. The SMILES string of the molecule is Cc1csc(CN2CC3(CC(NC(=O)N4[C@H](C)CN(c5ncc(C(F)(F)F)cn5)C[C@@H]4C)C3)C2)n1. The van der Waals surface area contributed by atoms with Crippen LogP contribution in [-0.4, -0.2) is 75.1 Å². The summed E-state index contributed by atoms with van der Waals surface area (Å²) in [7, 11) is 0. The molecule has 2 aromatic heterocycles. The first-order chi connectivity index (χ1) is 16.5. The number of nitrogens with one attached hydrogen (secondary N) is 1. The van der Waals surface area contributed by atoms with Gasteiger partial charge in [-0.1, -0.05) is 0 Å². The van der Waals surface area contributed by atoms with Crippen LogP contribution in [0, 0.1) is 12.3 Å². The van der Waals surface area contributed by atoms with E-state index in [9.17, 15) is 18.0 Å². The Morgan fingerprint density at radius 2 is 1.80 bits per heavy atom. The van der Waals surface area contributed by atoms with E-state index in [0.717, 1.165) is 55.6 Å². The second-order valence-electron chi connectivity index (χ2n) is 10.4. The number of alkyl halides is 3. The molecule has 190 valence electrons. The molecule has 4 heterocycles. The molecule has 0 radical (unpaired) electrons. The fraction of sp³-hybridized carbons (Fsp3) is 0.652. The molecule has 2 amide bonds. The van der Waals surface area contributed by atoms with Crippen molar-refractivity contribution >= 4 is 23.3 Å². The van der Waals surface area contributed by atoms with Crippen LogP contribution >= 0.6 is 11.3 Å². The molecule has 3 aliphatic rings. The third kappa shape index (κ3) is 4.95. The Balaban J connectivity index is 1.09. The van der Waals surface area contributed by atoms with Crippen LogP contribution in [0.4, 0.5) is 23.9 Å². The first-order valence-electron chi connectivity index (χ1n) is 11.9. The van der Waals surface area contributed by atoms with Gasteiger partial charge in [0.1, 0.15) is 5.01 Å². The first-order valence-corrected chi connectivity index (χ1v) is 12.8. The summed E-state index contributed by atoms with van der Waals surface area (Å²) < 4.78 is 38.4. The second-order valence-corrected chi connectivity index (χ2v) is 11.3. The van der Waals surface area contributed by atoms with Gasteiger partial charge < -0.3 is 15.1 Å². The second kappa shape index (κ2) is 8.88. The molecule has 8 nitrogen and oxygen atoms in total. The predicted molar refractivity (Wildman–Crippen MR) is 126 cm³/mol. The molecule has 2 aromatic rings. The Labute approximate surface area is 206 Å². The number of nitrogens with zero attached hydrogens (tertiary/aromatic N) is 6. The van der Waals surface area contributed by atoms with Crippen molar-refractivity contribution in [3.05, 3.63) is 34.0 Å². The molecule has 35 heavy (non-hydrogen) atoms. The number of carbonyl (C=O) groups excluding carboxylic acids is 1. The van der Waals surface area contributed by atoms with Crippen LogP contribution in [0.3, 0.4) is 0 Å². The summed E-state index contributed by atoms with van der Waals surface area (Å²) in [6.45, 7) is 9.83. The highest BCUT2D eigenvalue weighted by Crippen LogP contribution is 2.49. The zero-order valence-corrected chi connectivity index (χ0v) is 20.9. The summed E-state index contributed by atoms with van der Waals surface area (Å²) in [5.74, 6) is 0.250. The highest BCUT2D eigenvalue weighted by atomic mass is 32.1. The molecule has 12 heteroatoms. The summed E-state index contributed by atoms with van der Waals surface area (Å²) >= 11 is 1.71. The first kappa shape index (κ1) is 24.2. The Hall–Kier alpha value is -2.47. The van der Waals surface area contributed by atoms with E-state index in [0.29, 0.717) is 18.5 Å². The van der Waals surface area contributed by atoms with E-state index < -0.39 is 11.7 Å². The number of carbonyl (C=O) groups is 1. The van der Waals surface area contributed by atoms with Crippen molar-refractivity contribution in [2.75, 3.05) is 31.1 Å². The highest BCUT2D eigenvalue weighted by molar-refractivity contribution is 7.09. The molecular weight excluding hydrogens is 479 g/mol. The number of hydrogen-bond donors (Lipinski definition) is 1. The Bertz CT molecular complexity index is 1050. The fourth-order valence-electron chi connectivity index (χ4n) is 5.79. The monoisotopic (exact) mass is 509 g/mol. The lowest BCUT2D eigenvalue weighted by atomic mass is 9.60. The summed E-state index contributed by atoms with van der Waals surface area (Å²) in [5.41, 5.74) is 0.523. The van der Waals surface area contributed by atoms with E-state index in [1.807, 2.05) is 30.6 Å². The van der Waals surface area contributed by atoms with Crippen LogP contribution in [0.1, 0.15) is 43.0 Å². The third-order valence-corrected chi connectivity index (χ3v) is 8.18. The van der Waals surface area contributed by atoms with Crippen molar-refractivity contribution in [1.82, 2.24) is 30.1 Å². The molecule has 3 fully saturated rings. The van der Waals surface area contributed by atoms with E-state index in [1.54, 1.807) is 11.3 Å². The number of urea groups is 1. The van der Waals surface area contributed by atoms with Gasteiger partial charge in [-0.3, -0.25) is 4.90 Å². The number of piperazine rings is 1. The Kier molecular flexibility index (Phi) is 6.15. The molecule has 5 rings (SSSR count). The molecule has 0 bridgehead atoms. The third-order valence-electron chi connectivity index (χ3n) is 7.23. The van der Waals surface area contributed by atoms with Crippen LogP contribution in [0.15, 0.2) is 17.8 Å². The van der Waals surface area contributed by atoms with Gasteiger partial charge in [0.25, 0.3) is 0 Å². The maximum absolute atomic E-state index is 13.1. The average Bonchev–Trinajstić information content (AvgIpc) is 3.14. The van der Waals surface area contributed by atoms with Gasteiger partial charge in [0, 0.05) is 67.8 Å². The summed E-state index contributed by atoms with van der Waals surface area (Å²) in [4.78, 5) is 31.5. The maximum atomic E-state index is 13.1. The molecule has 0 unspecified atom stereocenters. The number of aromatic nitrogens is 3. The summed E-state index contributed by atoms with van der Waals surface area (Å²) in [6, 6.07) is -0.144. The number of thiazole rings is 1. The smallest absolute Gasteiger partial charge is 0.337 e. The summed E-state index contributed by atoms with van der Waals surface area (Å²) in [6.07, 6.45) is -0.859. The number of rotatable bonds is 4. The van der Waals surface area contributed by atoms with Crippen molar-refractivity contribution < 1.29 is 18.0 Å². The molecular formula is C23H30F3N7OS. The average molecular weight is 510 g/mol. The number of hydrogen-bond acceptors (Lipinski definition) is 7. The molecule has 2 aliphatic heterocycles. The van der Waals surface area contributed by atoms with E-state index in [-0.39, 0.29) is 30.1 Å². The molecule has 2 atom stereocenters. The van der Waals surface area contributed by atoms with E-state index in [1.165, 1.54) is 0 Å². The van der Waals surface area contributed by atoms with Crippen molar-refractivity contribution in [1.29, 1.82) is 0 Å². The molecule has 2 saturated heterocycles. The van der Waals surface area contributed by atoms with E-state index in [2.05, 4.69) is 30.5 Å². The highest BCUT2D eigenvalue weighted by Gasteiger charge is 2.53. The number of anilines is 1. The van der Waals surface area contributed by atoms with E-state index in [4.69, 9.17) is 0 Å². The van der Waals surface area contributed by atoms with Crippen LogP contribution in [0.5, 0.6) is 0 Å². The Morgan fingerprint density at radius 1 is 1.17 bits per heavy atom. The van der Waals surface area contributed by atoms with E-state index >= 15 is 0 Å². The predicted octanol–water partition coefficient (Wildman–Crippen LogP) is 3.53. The lowest BCUT2D eigenvalue weighted by Gasteiger charge is -2.59. The molecule has 1 aliphatic carbocycles. The number of halogens is 3. The van der Waals surface area contributed by atoms with Crippen LogP contribution in [0.25, 0.3) is 0 Å². The topological polar surface area (TPSA) is 77.5 Å². The quantitative estimate of drug-likeness (QED) is 0.680. The normalized spacial score (nSPS) is 24.9. The van der Waals surface area contributed by atoms with Gasteiger partial charge in [-0.25, -0.2) is 19.7 Å². The maximum Gasteiger partial charge on any atom is 0.419 e.